The first-order valence-corrected chi connectivity index (χ1v) is 6.18. The van der Waals surface area contributed by atoms with E-state index >= 15 is 0 Å². The topological polar surface area (TPSA) is 26.0 Å². The van der Waals surface area contributed by atoms with Crippen molar-refractivity contribution < 1.29 is 0 Å². The summed E-state index contributed by atoms with van der Waals surface area (Å²) < 4.78 is 0. The zero-order valence-corrected chi connectivity index (χ0v) is 12.1. The molecule has 0 aliphatic heterocycles. The molecule has 2 N–H and O–H groups in total. The summed E-state index contributed by atoms with van der Waals surface area (Å²) in [5.74, 6) is 0. The summed E-state index contributed by atoms with van der Waals surface area (Å²) in [6.45, 7) is 17.2. The van der Waals surface area contributed by atoms with E-state index in [1.54, 1.807) is 0 Å². The van der Waals surface area contributed by atoms with Gasteiger partial charge in [0.2, 0.25) is 0 Å². The molecule has 1 heteroatoms. The summed E-state index contributed by atoms with van der Waals surface area (Å²) in [5.41, 5.74) is 13.5. The number of hydrogen-bond acceptors (Lipinski definition) is 1. The van der Waals surface area contributed by atoms with Gasteiger partial charge in [-0.15, -0.1) is 0 Å². The molecule has 0 bridgehead atoms. The van der Waals surface area contributed by atoms with Crippen molar-refractivity contribution in [3.05, 3.63) is 46.2 Å². The Bertz CT molecular complexity index is 448. The van der Waals surface area contributed by atoms with Crippen LogP contribution in [0.5, 0.6) is 0 Å². The number of benzene rings is 1. The van der Waals surface area contributed by atoms with Gasteiger partial charge in [-0.05, 0) is 54.0 Å². The molecule has 94 valence electrons. The van der Waals surface area contributed by atoms with Crippen molar-refractivity contribution in [1.82, 2.24) is 0 Å². The molecule has 1 nitrogen and oxygen atoms in total. The van der Waals surface area contributed by atoms with E-state index in [0.717, 1.165) is 12.1 Å². The van der Waals surface area contributed by atoms with Gasteiger partial charge in [-0.3, -0.25) is 0 Å². The molecular formula is C16H25N. The molecule has 0 saturated heterocycles. The summed E-state index contributed by atoms with van der Waals surface area (Å²) in [7, 11) is 0. The van der Waals surface area contributed by atoms with Crippen LogP contribution in [-0.2, 0) is 11.8 Å². The fourth-order valence-corrected chi connectivity index (χ4v) is 2.41. The average molecular weight is 231 g/mol. The van der Waals surface area contributed by atoms with E-state index in [4.69, 9.17) is 5.73 Å². The van der Waals surface area contributed by atoms with Crippen LogP contribution in [0.3, 0.4) is 0 Å². The molecule has 0 aliphatic rings. The lowest BCUT2D eigenvalue weighted by molar-refractivity contribution is 0.584. The minimum atomic E-state index is 0.192. The first-order valence-electron chi connectivity index (χ1n) is 6.18. The van der Waals surface area contributed by atoms with E-state index in [9.17, 15) is 0 Å². The van der Waals surface area contributed by atoms with Crippen LogP contribution >= 0.6 is 0 Å². The third-order valence-corrected chi connectivity index (χ3v) is 3.47. The molecule has 0 aromatic heterocycles. The Morgan fingerprint density at radius 3 is 2.12 bits per heavy atom. The Hall–Kier alpha value is -1.24. The molecule has 0 saturated carbocycles. The lowest BCUT2D eigenvalue weighted by atomic mass is 9.79. The van der Waals surface area contributed by atoms with Crippen molar-refractivity contribution in [2.45, 2.75) is 53.4 Å². The van der Waals surface area contributed by atoms with Crippen molar-refractivity contribution in [3.8, 4) is 0 Å². The van der Waals surface area contributed by atoms with Crippen LogP contribution in [0, 0.1) is 20.8 Å². The Labute approximate surface area is 106 Å². The number of rotatable bonds is 2. The molecule has 0 radical (unpaired) electrons. The van der Waals surface area contributed by atoms with Gasteiger partial charge in [0.15, 0.2) is 0 Å². The van der Waals surface area contributed by atoms with Crippen molar-refractivity contribution in [2.24, 2.45) is 5.73 Å². The molecule has 0 fully saturated rings. The number of nitrogens with two attached hydrogens (primary N) is 1. The van der Waals surface area contributed by atoms with E-state index in [1.807, 2.05) is 0 Å². The van der Waals surface area contributed by atoms with Crippen molar-refractivity contribution in [1.29, 1.82) is 0 Å². The predicted molar refractivity (Wildman–Crippen MR) is 76.4 cm³/mol. The summed E-state index contributed by atoms with van der Waals surface area (Å²) in [6, 6.07) is 2.31. The van der Waals surface area contributed by atoms with Gasteiger partial charge in [0.25, 0.3) is 0 Å². The van der Waals surface area contributed by atoms with Crippen LogP contribution in [-0.4, -0.2) is 0 Å². The number of allylic oxidation sites excluding steroid dienone is 1. The molecule has 1 rings (SSSR count). The van der Waals surface area contributed by atoms with Crippen molar-refractivity contribution in [3.63, 3.8) is 0 Å². The normalized spacial score (nSPS) is 11.6. The van der Waals surface area contributed by atoms with E-state index in [-0.39, 0.29) is 5.41 Å². The second-order valence-electron chi connectivity index (χ2n) is 6.05. The highest BCUT2D eigenvalue weighted by Crippen LogP contribution is 2.31. The molecule has 0 unspecified atom stereocenters. The third-order valence-electron chi connectivity index (χ3n) is 3.47. The van der Waals surface area contributed by atoms with Gasteiger partial charge in [0.05, 0.1) is 0 Å². The first kappa shape index (κ1) is 13.8. The lowest BCUT2D eigenvalue weighted by Crippen LogP contribution is -2.16. The van der Waals surface area contributed by atoms with Gasteiger partial charge < -0.3 is 5.73 Å². The molecule has 1 aromatic carbocycles. The maximum atomic E-state index is 5.74. The van der Waals surface area contributed by atoms with Gasteiger partial charge in [0.1, 0.15) is 0 Å². The van der Waals surface area contributed by atoms with Gasteiger partial charge in [0, 0.05) is 12.1 Å². The standard InChI is InChI=1S/C16H25N/c1-10-8-15(16(5,6)7)13(4)12(3)14(10)9-11(2)17/h8H,2,9,17H2,1,3-7H3. The monoisotopic (exact) mass is 231 g/mol. The highest BCUT2D eigenvalue weighted by molar-refractivity contribution is 5.48. The Morgan fingerprint density at radius 2 is 1.71 bits per heavy atom. The highest BCUT2D eigenvalue weighted by atomic mass is 14.6. The average Bonchev–Trinajstić information content (AvgIpc) is 2.16. The second-order valence-corrected chi connectivity index (χ2v) is 6.05. The fraction of sp³-hybridized carbons (Fsp3) is 0.500. The van der Waals surface area contributed by atoms with Crippen molar-refractivity contribution >= 4 is 0 Å². The Kier molecular flexibility index (Phi) is 3.71. The Balaban J connectivity index is 3.42. The maximum Gasteiger partial charge on any atom is 0.0120 e. The summed E-state index contributed by atoms with van der Waals surface area (Å²) >= 11 is 0. The minimum absolute atomic E-state index is 0.192. The SMILES string of the molecule is C=C(N)Cc1c(C)cc(C(C)(C)C)c(C)c1C. The minimum Gasteiger partial charge on any atom is -0.402 e. The van der Waals surface area contributed by atoms with Crippen molar-refractivity contribution in [2.75, 3.05) is 0 Å². The van der Waals surface area contributed by atoms with Gasteiger partial charge in [-0.2, -0.15) is 0 Å². The molecule has 0 heterocycles. The number of hydrogen-bond donors (Lipinski definition) is 1. The second kappa shape index (κ2) is 4.56. The molecule has 0 atom stereocenters. The lowest BCUT2D eigenvalue weighted by Gasteiger charge is -2.26. The van der Waals surface area contributed by atoms with Crippen LogP contribution in [0.2, 0.25) is 0 Å². The van der Waals surface area contributed by atoms with Gasteiger partial charge in [-0.1, -0.05) is 33.4 Å². The quantitative estimate of drug-likeness (QED) is 0.820. The third kappa shape index (κ3) is 2.91. The molecule has 1 aromatic rings. The van der Waals surface area contributed by atoms with E-state index in [1.165, 1.54) is 27.8 Å². The van der Waals surface area contributed by atoms with Crippen LogP contribution in [0.15, 0.2) is 18.3 Å². The van der Waals surface area contributed by atoms with Crippen LogP contribution in [0.1, 0.15) is 48.6 Å². The van der Waals surface area contributed by atoms with E-state index in [2.05, 4.69) is 54.2 Å². The summed E-state index contributed by atoms with van der Waals surface area (Å²) in [4.78, 5) is 0. The molecule has 17 heavy (non-hydrogen) atoms. The number of aryl methyl sites for hydroxylation is 1. The van der Waals surface area contributed by atoms with Crippen LogP contribution in [0.25, 0.3) is 0 Å². The zero-order chi connectivity index (χ0) is 13.4. The van der Waals surface area contributed by atoms with Crippen LogP contribution < -0.4 is 5.73 Å². The Morgan fingerprint density at radius 1 is 1.18 bits per heavy atom. The smallest absolute Gasteiger partial charge is 0.0120 e. The summed E-state index contributed by atoms with van der Waals surface area (Å²) in [6.07, 6.45) is 0.781. The largest absolute Gasteiger partial charge is 0.402 e. The molecule has 0 aliphatic carbocycles. The van der Waals surface area contributed by atoms with Gasteiger partial charge >= 0.3 is 0 Å². The molecule has 0 amide bonds. The van der Waals surface area contributed by atoms with Gasteiger partial charge in [-0.25, -0.2) is 0 Å². The molecule has 0 spiro atoms. The highest BCUT2D eigenvalue weighted by Gasteiger charge is 2.19. The predicted octanol–water partition coefficient (Wildman–Crippen LogP) is 3.92. The van der Waals surface area contributed by atoms with E-state index < -0.39 is 0 Å². The molecular weight excluding hydrogens is 206 g/mol. The summed E-state index contributed by atoms with van der Waals surface area (Å²) in [5, 5.41) is 0. The fourth-order valence-electron chi connectivity index (χ4n) is 2.41. The maximum absolute atomic E-state index is 5.74. The first-order chi connectivity index (χ1) is 7.64. The van der Waals surface area contributed by atoms with Crippen LogP contribution in [0.4, 0.5) is 0 Å². The van der Waals surface area contributed by atoms with E-state index in [0.29, 0.717) is 0 Å². The zero-order valence-electron chi connectivity index (χ0n) is 12.1.